The summed E-state index contributed by atoms with van der Waals surface area (Å²) in [6.45, 7) is 4.44. The van der Waals surface area contributed by atoms with Crippen molar-refractivity contribution < 1.29 is 14.6 Å². The number of nitrogens with zero attached hydrogens (tertiary/aromatic N) is 1. The van der Waals surface area contributed by atoms with E-state index in [4.69, 9.17) is 10.5 Å². The molecule has 6 nitrogen and oxygen atoms in total. The molecule has 1 heterocycles. The van der Waals surface area contributed by atoms with Crippen molar-refractivity contribution in [3.05, 3.63) is 0 Å². The predicted octanol–water partition coefficient (Wildman–Crippen LogP) is 0.569. The Hall–Kier alpha value is -1.30. The van der Waals surface area contributed by atoms with Crippen LogP contribution in [-0.4, -0.2) is 42.3 Å². The molecule has 0 aromatic heterocycles. The number of carboxylic acids is 1. The third-order valence-electron chi connectivity index (χ3n) is 3.44. The van der Waals surface area contributed by atoms with E-state index in [0.717, 1.165) is 12.8 Å². The molecule has 0 saturated carbocycles. The van der Waals surface area contributed by atoms with E-state index in [2.05, 4.69) is 10.3 Å². The summed E-state index contributed by atoms with van der Waals surface area (Å²) in [5.74, 6) is -0.918. The Morgan fingerprint density at radius 1 is 1.72 bits per heavy atom. The topological polar surface area (TPSA) is 96.9 Å². The number of aliphatic imine (C=N–C) groups is 1. The number of carboxylic acid groups (broad SMARTS) is 1. The molecule has 0 aromatic rings. The number of hydrogen-bond acceptors (Lipinski definition) is 5. The van der Waals surface area contributed by atoms with Gasteiger partial charge in [-0.2, -0.15) is 0 Å². The van der Waals surface area contributed by atoms with Gasteiger partial charge >= 0.3 is 5.97 Å². The SMILES string of the molecule is COC(C)(C)CCCC(C(=O)O)C1CN=C(N)N1. The van der Waals surface area contributed by atoms with Gasteiger partial charge in [0.15, 0.2) is 5.96 Å². The average Bonchev–Trinajstić information content (AvgIpc) is 2.70. The number of guanidine groups is 1. The number of hydrogen-bond donors (Lipinski definition) is 3. The Balaban J connectivity index is 2.43. The molecule has 2 atom stereocenters. The van der Waals surface area contributed by atoms with Gasteiger partial charge in [-0.1, -0.05) is 0 Å². The van der Waals surface area contributed by atoms with E-state index >= 15 is 0 Å². The Morgan fingerprint density at radius 3 is 2.83 bits per heavy atom. The zero-order valence-corrected chi connectivity index (χ0v) is 11.3. The van der Waals surface area contributed by atoms with Gasteiger partial charge in [0.25, 0.3) is 0 Å². The Morgan fingerprint density at radius 2 is 2.39 bits per heavy atom. The van der Waals surface area contributed by atoms with E-state index in [9.17, 15) is 9.90 Å². The number of ether oxygens (including phenoxy) is 1. The van der Waals surface area contributed by atoms with Crippen LogP contribution in [0.1, 0.15) is 33.1 Å². The van der Waals surface area contributed by atoms with Crippen LogP contribution in [-0.2, 0) is 9.53 Å². The van der Waals surface area contributed by atoms with Crippen LogP contribution in [0.4, 0.5) is 0 Å². The lowest BCUT2D eigenvalue weighted by molar-refractivity contribution is -0.142. The lowest BCUT2D eigenvalue weighted by Gasteiger charge is -2.25. The number of aliphatic carboxylic acids is 1. The Kier molecular flexibility index (Phi) is 4.95. The standard InChI is InChI=1S/C12H23N3O3/c1-12(2,18-3)6-4-5-8(10(16)17)9-7-14-11(13)15-9/h8-9H,4-7H2,1-3H3,(H,16,17)(H3,13,14,15). The lowest BCUT2D eigenvalue weighted by Crippen LogP contribution is -2.43. The molecule has 0 saturated heterocycles. The fraction of sp³-hybridized carbons (Fsp3) is 0.833. The fourth-order valence-corrected chi connectivity index (χ4v) is 2.05. The Labute approximate surface area is 108 Å². The van der Waals surface area contributed by atoms with E-state index in [1.54, 1.807) is 7.11 Å². The van der Waals surface area contributed by atoms with Gasteiger partial charge in [-0.15, -0.1) is 0 Å². The zero-order valence-electron chi connectivity index (χ0n) is 11.3. The number of carbonyl (C=O) groups is 1. The molecule has 0 aromatic carbocycles. The summed E-state index contributed by atoms with van der Waals surface area (Å²) in [6, 6.07) is -0.187. The molecular formula is C12H23N3O3. The molecule has 1 aliphatic rings. The quantitative estimate of drug-likeness (QED) is 0.619. The number of rotatable bonds is 7. The maximum absolute atomic E-state index is 11.3. The molecule has 104 valence electrons. The van der Waals surface area contributed by atoms with Gasteiger partial charge in [-0.25, -0.2) is 0 Å². The minimum Gasteiger partial charge on any atom is -0.481 e. The monoisotopic (exact) mass is 257 g/mol. The minimum absolute atomic E-state index is 0.187. The highest BCUT2D eigenvalue weighted by Crippen LogP contribution is 2.21. The van der Waals surface area contributed by atoms with Crippen molar-refractivity contribution in [1.29, 1.82) is 0 Å². The van der Waals surface area contributed by atoms with Crippen LogP contribution in [0.25, 0.3) is 0 Å². The van der Waals surface area contributed by atoms with Crippen molar-refractivity contribution in [1.82, 2.24) is 5.32 Å². The van der Waals surface area contributed by atoms with Crippen LogP contribution < -0.4 is 11.1 Å². The third kappa shape index (κ3) is 4.18. The first-order valence-corrected chi connectivity index (χ1v) is 6.20. The maximum atomic E-state index is 11.3. The second-order valence-electron chi connectivity index (χ2n) is 5.28. The first kappa shape index (κ1) is 14.8. The molecule has 0 radical (unpaired) electrons. The van der Waals surface area contributed by atoms with Crippen molar-refractivity contribution in [2.24, 2.45) is 16.6 Å². The van der Waals surface area contributed by atoms with Gasteiger partial charge in [0.1, 0.15) is 0 Å². The smallest absolute Gasteiger partial charge is 0.308 e. The van der Waals surface area contributed by atoms with Crippen molar-refractivity contribution >= 4 is 11.9 Å². The summed E-state index contributed by atoms with van der Waals surface area (Å²) in [4.78, 5) is 15.2. The summed E-state index contributed by atoms with van der Waals surface area (Å²) in [7, 11) is 1.67. The minimum atomic E-state index is -0.798. The first-order valence-electron chi connectivity index (χ1n) is 6.20. The van der Waals surface area contributed by atoms with Crippen LogP contribution in [0.3, 0.4) is 0 Å². The summed E-state index contributed by atoms with van der Waals surface area (Å²) in [5.41, 5.74) is 5.30. The van der Waals surface area contributed by atoms with E-state index in [0.29, 0.717) is 18.9 Å². The third-order valence-corrected chi connectivity index (χ3v) is 3.44. The van der Waals surface area contributed by atoms with Gasteiger partial charge in [-0.05, 0) is 33.1 Å². The summed E-state index contributed by atoms with van der Waals surface area (Å²) >= 11 is 0. The van der Waals surface area contributed by atoms with Gasteiger partial charge in [-0.3, -0.25) is 9.79 Å². The van der Waals surface area contributed by atoms with E-state index in [1.165, 1.54) is 0 Å². The lowest BCUT2D eigenvalue weighted by atomic mass is 9.91. The zero-order chi connectivity index (χ0) is 13.8. The van der Waals surface area contributed by atoms with Gasteiger partial charge in [0, 0.05) is 7.11 Å². The Bertz CT molecular complexity index is 329. The van der Waals surface area contributed by atoms with Crippen LogP contribution >= 0.6 is 0 Å². The van der Waals surface area contributed by atoms with Gasteiger partial charge in [0.2, 0.25) is 0 Å². The molecule has 2 unspecified atom stereocenters. The number of nitrogens with two attached hydrogens (primary N) is 1. The second kappa shape index (κ2) is 6.04. The first-order chi connectivity index (χ1) is 8.35. The molecule has 18 heavy (non-hydrogen) atoms. The molecule has 0 amide bonds. The highest BCUT2D eigenvalue weighted by Gasteiger charge is 2.31. The molecule has 0 bridgehead atoms. The largest absolute Gasteiger partial charge is 0.481 e. The van der Waals surface area contributed by atoms with Crippen LogP contribution in [0.15, 0.2) is 4.99 Å². The summed E-state index contributed by atoms with van der Waals surface area (Å²) in [5, 5.41) is 12.2. The maximum Gasteiger partial charge on any atom is 0.308 e. The van der Waals surface area contributed by atoms with Crippen molar-refractivity contribution in [2.75, 3.05) is 13.7 Å². The van der Waals surface area contributed by atoms with Crippen molar-refractivity contribution in [3.8, 4) is 0 Å². The molecule has 6 heteroatoms. The van der Waals surface area contributed by atoms with E-state index < -0.39 is 11.9 Å². The molecule has 0 aliphatic carbocycles. The van der Waals surface area contributed by atoms with E-state index in [-0.39, 0.29) is 11.6 Å². The number of methoxy groups -OCH3 is 1. The molecule has 1 aliphatic heterocycles. The highest BCUT2D eigenvalue weighted by atomic mass is 16.5. The molecule has 1 rings (SSSR count). The fourth-order valence-electron chi connectivity index (χ4n) is 2.05. The summed E-state index contributed by atoms with van der Waals surface area (Å²) < 4.78 is 5.32. The molecule has 0 spiro atoms. The number of nitrogens with one attached hydrogen (secondary N) is 1. The van der Waals surface area contributed by atoms with E-state index in [1.807, 2.05) is 13.8 Å². The normalized spacial score (nSPS) is 21.3. The highest BCUT2D eigenvalue weighted by molar-refractivity contribution is 5.81. The summed E-state index contributed by atoms with van der Waals surface area (Å²) in [6.07, 6.45) is 2.23. The average molecular weight is 257 g/mol. The van der Waals surface area contributed by atoms with Crippen molar-refractivity contribution in [3.63, 3.8) is 0 Å². The van der Waals surface area contributed by atoms with Gasteiger partial charge in [0.05, 0.1) is 24.1 Å². The van der Waals surface area contributed by atoms with Crippen LogP contribution in [0.5, 0.6) is 0 Å². The molecule has 4 N–H and O–H groups in total. The van der Waals surface area contributed by atoms with Crippen LogP contribution in [0, 0.1) is 5.92 Å². The molecular weight excluding hydrogens is 234 g/mol. The second-order valence-corrected chi connectivity index (χ2v) is 5.28. The van der Waals surface area contributed by atoms with Gasteiger partial charge < -0.3 is 20.9 Å². The van der Waals surface area contributed by atoms with Crippen LogP contribution in [0.2, 0.25) is 0 Å². The molecule has 0 fully saturated rings. The van der Waals surface area contributed by atoms with Crippen molar-refractivity contribution in [2.45, 2.75) is 44.8 Å². The predicted molar refractivity (Wildman–Crippen MR) is 69.5 cm³/mol.